The molecule has 4 nitrogen and oxygen atoms in total. The van der Waals surface area contributed by atoms with Gasteiger partial charge in [-0.15, -0.1) is 24.8 Å². The van der Waals surface area contributed by atoms with Crippen molar-refractivity contribution in [2.24, 2.45) is 5.73 Å². The van der Waals surface area contributed by atoms with Crippen molar-refractivity contribution in [3.8, 4) is 0 Å². The second-order valence-corrected chi connectivity index (χ2v) is 5.33. The van der Waals surface area contributed by atoms with Crippen molar-refractivity contribution in [1.29, 1.82) is 0 Å². The number of benzene rings is 1. The third kappa shape index (κ3) is 6.66. The van der Waals surface area contributed by atoms with E-state index in [1.54, 1.807) is 0 Å². The summed E-state index contributed by atoms with van der Waals surface area (Å²) in [7, 11) is 0. The summed E-state index contributed by atoms with van der Waals surface area (Å²) < 4.78 is 0. The average Bonchev–Trinajstić information content (AvgIpc) is 2.37. The molecule has 0 aliphatic carbocycles. The SMILES string of the molecule is CC(N)CC(=O)NCCN1CCc2ccccc2C1.Cl.Cl. The van der Waals surface area contributed by atoms with Crippen LogP contribution in [0.1, 0.15) is 24.5 Å². The predicted octanol–water partition coefficient (Wildman–Crippen LogP) is 1.74. The molecule has 0 bridgehead atoms. The first-order valence-corrected chi connectivity index (χ1v) is 6.96. The van der Waals surface area contributed by atoms with Gasteiger partial charge in [-0.3, -0.25) is 9.69 Å². The highest BCUT2D eigenvalue weighted by atomic mass is 35.5. The Balaban J connectivity index is 0.00000200. The number of rotatable bonds is 5. The minimum absolute atomic E-state index is 0. The van der Waals surface area contributed by atoms with Crippen LogP contribution in [0.2, 0.25) is 0 Å². The van der Waals surface area contributed by atoms with Gasteiger partial charge in [0.2, 0.25) is 5.91 Å². The molecule has 0 radical (unpaired) electrons. The van der Waals surface area contributed by atoms with Crippen molar-refractivity contribution in [3.05, 3.63) is 35.4 Å². The van der Waals surface area contributed by atoms with Crippen LogP contribution in [0, 0.1) is 0 Å². The zero-order chi connectivity index (χ0) is 13.7. The van der Waals surface area contributed by atoms with E-state index in [2.05, 4.69) is 34.5 Å². The molecule has 3 N–H and O–H groups in total. The van der Waals surface area contributed by atoms with Gasteiger partial charge in [0.25, 0.3) is 0 Å². The first kappa shape index (κ1) is 20.2. The van der Waals surface area contributed by atoms with Gasteiger partial charge < -0.3 is 11.1 Å². The smallest absolute Gasteiger partial charge is 0.221 e. The lowest BCUT2D eigenvalue weighted by atomic mass is 10.00. The summed E-state index contributed by atoms with van der Waals surface area (Å²) >= 11 is 0. The molecule has 0 saturated carbocycles. The maximum absolute atomic E-state index is 11.5. The second-order valence-electron chi connectivity index (χ2n) is 5.33. The van der Waals surface area contributed by atoms with Gasteiger partial charge in [-0.05, 0) is 24.5 Å². The topological polar surface area (TPSA) is 58.4 Å². The fourth-order valence-electron chi connectivity index (χ4n) is 2.46. The lowest BCUT2D eigenvalue weighted by Gasteiger charge is -2.28. The highest BCUT2D eigenvalue weighted by Gasteiger charge is 2.15. The molecule has 1 amide bonds. The summed E-state index contributed by atoms with van der Waals surface area (Å²) in [6, 6.07) is 8.52. The van der Waals surface area contributed by atoms with Gasteiger partial charge in [-0.1, -0.05) is 24.3 Å². The summed E-state index contributed by atoms with van der Waals surface area (Å²) in [5, 5.41) is 2.92. The predicted molar refractivity (Wildman–Crippen MR) is 91.2 cm³/mol. The van der Waals surface area contributed by atoms with Gasteiger partial charge in [-0.25, -0.2) is 0 Å². The fourth-order valence-corrected chi connectivity index (χ4v) is 2.46. The zero-order valence-corrected chi connectivity index (χ0v) is 14.0. The Morgan fingerprint density at radius 3 is 2.67 bits per heavy atom. The molecule has 1 aliphatic heterocycles. The zero-order valence-electron chi connectivity index (χ0n) is 12.4. The maximum Gasteiger partial charge on any atom is 0.221 e. The third-order valence-corrected chi connectivity index (χ3v) is 3.47. The van der Waals surface area contributed by atoms with Crippen molar-refractivity contribution in [2.45, 2.75) is 32.4 Å². The van der Waals surface area contributed by atoms with E-state index in [9.17, 15) is 4.79 Å². The van der Waals surface area contributed by atoms with Crippen LogP contribution < -0.4 is 11.1 Å². The Bertz CT molecular complexity index is 441. The first-order valence-electron chi connectivity index (χ1n) is 6.96. The molecule has 0 fully saturated rings. The third-order valence-electron chi connectivity index (χ3n) is 3.47. The van der Waals surface area contributed by atoms with E-state index >= 15 is 0 Å². The number of hydrogen-bond donors (Lipinski definition) is 2. The second kappa shape index (κ2) is 10.0. The number of nitrogens with zero attached hydrogens (tertiary/aromatic N) is 1. The van der Waals surface area contributed by atoms with Crippen LogP contribution in [0.3, 0.4) is 0 Å². The minimum Gasteiger partial charge on any atom is -0.355 e. The fraction of sp³-hybridized carbons (Fsp3) is 0.533. The van der Waals surface area contributed by atoms with Crippen molar-refractivity contribution in [2.75, 3.05) is 19.6 Å². The number of amides is 1. The molecule has 1 unspecified atom stereocenters. The molecule has 0 aromatic heterocycles. The largest absolute Gasteiger partial charge is 0.355 e. The standard InChI is InChI=1S/C15H23N3O.2ClH/c1-12(16)10-15(19)17-7-9-18-8-6-13-4-2-3-5-14(13)11-18;;/h2-5,12H,6-11,16H2,1H3,(H,17,19);2*1H. The minimum atomic E-state index is -0.0677. The molecule has 0 spiro atoms. The Morgan fingerprint density at radius 2 is 2.00 bits per heavy atom. The normalized spacial score (nSPS) is 15.1. The number of hydrogen-bond acceptors (Lipinski definition) is 3. The van der Waals surface area contributed by atoms with Crippen LogP contribution >= 0.6 is 24.8 Å². The van der Waals surface area contributed by atoms with Crippen LogP contribution in [-0.2, 0) is 17.8 Å². The van der Waals surface area contributed by atoms with Crippen molar-refractivity contribution in [1.82, 2.24) is 10.2 Å². The first-order chi connectivity index (χ1) is 9.15. The van der Waals surface area contributed by atoms with Gasteiger partial charge in [-0.2, -0.15) is 0 Å². The Morgan fingerprint density at radius 1 is 1.33 bits per heavy atom. The average molecular weight is 334 g/mol. The van der Waals surface area contributed by atoms with Gasteiger partial charge in [0.15, 0.2) is 0 Å². The van der Waals surface area contributed by atoms with E-state index in [1.807, 2.05) is 6.92 Å². The molecule has 1 aromatic carbocycles. The van der Waals surface area contributed by atoms with E-state index in [0.717, 1.165) is 26.1 Å². The molecular weight excluding hydrogens is 309 g/mol. The highest BCUT2D eigenvalue weighted by molar-refractivity contribution is 5.85. The number of carbonyl (C=O) groups is 1. The van der Waals surface area contributed by atoms with Crippen molar-refractivity contribution >= 4 is 30.7 Å². The van der Waals surface area contributed by atoms with E-state index in [4.69, 9.17) is 5.73 Å². The molecular formula is C15H25Cl2N3O. The maximum atomic E-state index is 11.5. The van der Waals surface area contributed by atoms with Gasteiger partial charge in [0.1, 0.15) is 0 Å². The van der Waals surface area contributed by atoms with E-state index < -0.39 is 0 Å². The summed E-state index contributed by atoms with van der Waals surface area (Å²) in [5.41, 5.74) is 8.46. The molecule has 0 saturated heterocycles. The summed E-state index contributed by atoms with van der Waals surface area (Å²) in [4.78, 5) is 13.9. The van der Waals surface area contributed by atoms with Crippen LogP contribution in [0.25, 0.3) is 0 Å². The van der Waals surface area contributed by atoms with Crippen molar-refractivity contribution in [3.63, 3.8) is 0 Å². The van der Waals surface area contributed by atoms with Crippen LogP contribution in [0.4, 0.5) is 0 Å². The molecule has 21 heavy (non-hydrogen) atoms. The van der Waals surface area contributed by atoms with Crippen LogP contribution in [0.5, 0.6) is 0 Å². The Labute approximate surface area is 139 Å². The molecule has 120 valence electrons. The van der Waals surface area contributed by atoms with E-state index in [-0.39, 0.29) is 36.8 Å². The highest BCUT2D eigenvalue weighted by Crippen LogP contribution is 2.17. The molecule has 1 atom stereocenters. The molecule has 1 aliphatic rings. The summed E-state index contributed by atoms with van der Waals surface area (Å²) in [6.07, 6.45) is 1.51. The Kier molecular flexibility index (Phi) is 9.62. The molecule has 2 rings (SSSR count). The number of nitrogens with two attached hydrogens (primary N) is 1. The molecule has 1 heterocycles. The number of nitrogens with one attached hydrogen (secondary N) is 1. The van der Waals surface area contributed by atoms with Gasteiger partial charge in [0, 0.05) is 38.6 Å². The van der Waals surface area contributed by atoms with Gasteiger partial charge >= 0.3 is 0 Å². The van der Waals surface area contributed by atoms with Gasteiger partial charge in [0.05, 0.1) is 0 Å². The Hall–Kier alpha value is -0.810. The summed E-state index contributed by atoms with van der Waals surface area (Å²) in [5.74, 6) is 0.0485. The van der Waals surface area contributed by atoms with Crippen LogP contribution in [-0.4, -0.2) is 36.5 Å². The lowest BCUT2D eigenvalue weighted by Crippen LogP contribution is -2.38. The monoisotopic (exact) mass is 333 g/mol. The number of carbonyl (C=O) groups excluding carboxylic acids is 1. The van der Waals surface area contributed by atoms with Crippen molar-refractivity contribution < 1.29 is 4.79 Å². The number of fused-ring (bicyclic) bond motifs is 1. The molecule has 1 aromatic rings. The molecule has 6 heteroatoms. The van der Waals surface area contributed by atoms with E-state index in [1.165, 1.54) is 11.1 Å². The van der Waals surface area contributed by atoms with Crippen LogP contribution in [0.15, 0.2) is 24.3 Å². The van der Waals surface area contributed by atoms with E-state index in [0.29, 0.717) is 13.0 Å². The summed E-state index contributed by atoms with van der Waals surface area (Å²) in [6.45, 7) is 5.51. The quantitative estimate of drug-likeness (QED) is 0.862. The lowest BCUT2D eigenvalue weighted by molar-refractivity contribution is -0.121. The number of halogens is 2.